The molecule has 7 heteroatoms. The van der Waals surface area contributed by atoms with Crippen molar-refractivity contribution in [1.82, 2.24) is 5.01 Å². The summed E-state index contributed by atoms with van der Waals surface area (Å²) >= 11 is 0. The highest BCUT2D eigenvalue weighted by Crippen LogP contribution is 2.03. The van der Waals surface area contributed by atoms with Crippen LogP contribution in [-0.2, 0) is 9.59 Å². The fourth-order valence-corrected chi connectivity index (χ4v) is 1.36. The molecule has 6 N–H and O–H groups in total. The molecule has 0 bridgehead atoms. The standard InChI is InChI=1S/C11H21N3O4/c12-9(4-3-6-11(17)18)8-14(13)7-2-1-5-10(15)16/h8H,1-7,12-13H2,(H,15,16)(H,17,18)/b9-8-. The minimum atomic E-state index is -0.846. The largest absolute Gasteiger partial charge is 0.481 e. The van der Waals surface area contributed by atoms with E-state index in [9.17, 15) is 9.59 Å². The van der Waals surface area contributed by atoms with E-state index in [-0.39, 0.29) is 12.8 Å². The second-order valence-corrected chi connectivity index (χ2v) is 4.04. The van der Waals surface area contributed by atoms with Crippen LogP contribution in [0.2, 0.25) is 0 Å². The van der Waals surface area contributed by atoms with Crippen LogP contribution in [0.4, 0.5) is 0 Å². The van der Waals surface area contributed by atoms with Crippen molar-refractivity contribution < 1.29 is 19.8 Å². The number of aliphatic carboxylic acids is 2. The number of nitrogens with two attached hydrogens (primary N) is 2. The van der Waals surface area contributed by atoms with Gasteiger partial charge < -0.3 is 21.0 Å². The summed E-state index contributed by atoms with van der Waals surface area (Å²) in [7, 11) is 0. The number of unbranched alkanes of at least 4 members (excludes halogenated alkanes) is 1. The second kappa shape index (κ2) is 9.29. The van der Waals surface area contributed by atoms with Crippen LogP contribution in [0.5, 0.6) is 0 Å². The van der Waals surface area contributed by atoms with Gasteiger partial charge in [0, 0.05) is 31.3 Å². The lowest BCUT2D eigenvalue weighted by molar-refractivity contribution is -0.138. The molecule has 0 aromatic carbocycles. The first kappa shape index (κ1) is 16.2. The van der Waals surface area contributed by atoms with Crippen molar-refractivity contribution >= 4 is 11.9 Å². The zero-order valence-electron chi connectivity index (χ0n) is 10.3. The molecule has 0 radical (unpaired) electrons. The van der Waals surface area contributed by atoms with E-state index in [1.807, 2.05) is 0 Å². The third-order valence-electron chi connectivity index (χ3n) is 2.24. The Morgan fingerprint density at radius 1 is 1.00 bits per heavy atom. The molecular formula is C11H21N3O4. The molecule has 0 aliphatic carbocycles. The summed E-state index contributed by atoms with van der Waals surface area (Å²) in [5.41, 5.74) is 6.19. The highest BCUT2D eigenvalue weighted by Gasteiger charge is 2.01. The van der Waals surface area contributed by atoms with E-state index < -0.39 is 11.9 Å². The maximum absolute atomic E-state index is 10.3. The van der Waals surface area contributed by atoms with E-state index in [2.05, 4.69) is 0 Å². The number of carbonyl (C=O) groups is 2. The maximum Gasteiger partial charge on any atom is 0.303 e. The molecule has 0 saturated carbocycles. The summed E-state index contributed by atoms with van der Waals surface area (Å²) < 4.78 is 0. The number of carboxylic acids is 2. The zero-order valence-corrected chi connectivity index (χ0v) is 10.3. The Morgan fingerprint density at radius 3 is 2.11 bits per heavy atom. The summed E-state index contributed by atoms with van der Waals surface area (Å²) in [6, 6.07) is 0. The highest BCUT2D eigenvalue weighted by atomic mass is 16.4. The summed E-state index contributed by atoms with van der Waals surface area (Å²) in [4.78, 5) is 20.6. The predicted octanol–water partition coefficient (Wildman–Crippen LogP) is 0.472. The van der Waals surface area contributed by atoms with Crippen LogP contribution in [0.15, 0.2) is 11.9 Å². The Kier molecular flexibility index (Phi) is 8.38. The van der Waals surface area contributed by atoms with Crippen LogP contribution in [0.1, 0.15) is 38.5 Å². The van der Waals surface area contributed by atoms with E-state index >= 15 is 0 Å². The van der Waals surface area contributed by atoms with Gasteiger partial charge in [-0.15, -0.1) is 0 Å². The third kappa shape index (κ3) is 10.7. The second-order valence-electron chi connectivity index (χ2n) is 4.04. The van der Waals surface area contributed by atoms with Gasteiger partial charge in [0.15, 0.2) is 0 Å². The van der Waals surface area contributed by atoms with Crippen molar-refractivity contribution in [1.29, 1.82) is 0 Å². The van der Waals surface area contributed by atoms with Crippen LogP contribution < -0.4 is 11.6 Å². The SMILES string of the molecule is N/C(=C\N(N)CCCCC(=O)O)CCCC(=O)O. The molecule has 0 aromatic heterocycles. The Bertz CT molecular complexity index is 305. The molecule has 0 aromatic rings. The van der Waals surface area contributed by atoms with Crippen LogP contribution in [0.25, 0.3) is 0 Å². The molecule has 18 heavy (non-hydrogen) atoms. The molecule has 0 amide bonds. The van der Waals surface area contributed by atoms with Crippen LogP contribution in [-0.4, -0.2) is 33.7 Å². The fourth-order valence-electron chi connectivity index (χ4n) is 1.36. The first-order valence-corrected chi connectivity index (χ1v) is 5.83. The highest BCUT2D eigenvalue weighted by molar-refractivity contribution is 5.66. The first-order valence-electron chi connectivity index (χ1n) is 5.83. The number of carboxylic acid groups (broad SMARTS) is 2. The van der Waals surface area contributed by atoms with Crippen molar-refractivity contribution in [2.45, 2.75) is 38.5 Å². The summed E-state index contributed by atoms with van der Waals surface area (Å²) in [5.74, 6) is 3.97. The average Bonchev–Trinajstić information content (AvgIpc) is 2.23. The smallest absolute Gasteiger partial charge is 0.303 e. The summed E-state index contributed by atoms with van der Waals surface area (Å²) in [6.45, 7) is 0.521. The quantitative estimate of drug-likeness (QED) is 0.255. The third-order valence-corrected chi connectivity index (χ3v) is 2.24. The topological polar surface area (TPSA) is 130 Å². The van der Waals surface area contributed by atoms with E-state index in [0.717, 1.165) is 0 Å². The van der Waals surface area contributed by atoms with Gasteiger partial charge in [0.25, 0.3) is 0 Å². The van der Waals surface area contributed by atoms with E-state index in [1.165, 1.54) is 5.01 Å². The van der Waals surface area contributed by atoms with Gasteiger partial charge in [0.1, 0.15) is 0 Å². The van der Waals surface area contributed by atoms with Crippen LogP contribution >= 0.6 is 0 Å². The van der Waals surface area contributed by atoms with Gasteiger partial charge in [-0.2, -0.15) is 0 Å². The van der Waals surface area contributed by atoms with E-state index in [4.69, 9.17) is 21.8 Å². The van der Waals surface area contributed by atoms with E-state index in [0.29, 0.717) is 37.9 Å². The Labute approximate surface area is 106 Å². The van der Waals surface area contributed by atoms with Crippen LogP contribution in [0.3, 0.4) is 0 Å². The van der Waals surface area contributed by atoms with Gasteiger partial charge in [-0.1, -0.05) is 0 Å². The number of hydrazine groups is 1. The molecule has 0 unspecified atom stereocenters. The molecule has 104 valence electrons. The van der Waals surface area contributed by atoms with Gasteiger partial charge in [0.05, 0.1) is 0 Å². The molecule has 0 aliphatic rings. The van der Waals surface area contributed by atoms with Gasteiger partial charge in [-0.3, -0.25) is 9.59 Å². The monoisotopic (exact) mass is 259 g/mol. The molecule has 0 heterocycles. The van der Waals surface area contributed by atoms with Crippen LogP contribution in [0, 0.1) is 0 Å². The lowest BCUT2D eigenvalue weighted by atomic mass is 10.2. The molecule has 0 aliphatic heterocycles. The molecular weight excluding hydrogens is 238 g/mol. The Balaban J connectivity index is 3.72. The summed E-state index contributed by atoms with van der Waals surface area (Å²) in [5, 5.41) is 18.3. The van der Waals surface area contributed by atoms with Crippen molar-refractivity contribution in [3.8, 4) is 0 Å². The number of hydrogen-bond donors (Lipinski definition) is 4. The van der Waals surface area contributed by atoms with Crippen molar-refractivity contribution in [3.05, 3.63) is 11.9 Å². The van der Waals surface area contributed by atoms with Crippen molar-refractivity contribution in [3.63, 3.8) is 0 Å². The summed E-state index contributed by atoms with van der Waals surface area (Å²) in [6.07, 6.45) is 3.96. The number of allylic oxidation sites excluding steroid dienone is 1. The first-order chi connectivity index (χ1) is 8.41. The molecule has 0 rings (SSSR count). The molecule has 0 saturated heterocycles. The van der Waals surface area contributed by atoms with Gasteiger partial charge in [-0.25, -0.2) is 5.84 Å². The number of nitrogens with zero attached hydrogens (tertiary/aromatic N) is 1. The maximum atomic E-state index is 10.3. The zero-order chi connectivity index (χ0) is 14.0. The number of rotatable bonds is 10. The number of hydrogen-bond acceptors (Lipinski definition) is 5. The Hall–Kier alpha value is -1.76. The lowest BCUT2D eigenvalue weighted by Gasteiger charge is -2.14. The predicted molar refractivity (Wildman–Crippen MR) is 66.1 cm³/mol. The fraction of sp³-hybridized carbons (Fsp3) is 0.636. The average molecular weight is 259 g/mol. The molecule has 7 nitrogen and oxygen atoms in total. The lowest BCUT2D eigenvalue weighted by Crippen LogP contribution is -2.27. The minimum Gasteiger partial charge on any atom is -0.481 e. The normalized spacial score (nSPS) is 11.3. The van der Waals surface area contributed by atoms with Crippen molar-refractivity contribution in [2.75, 3.05) is 6.54 Å². The molecule has 0 atom stereocenters. The Morgan fingerprint density at radius 2 is 1.56 bits per heavy atom. The van der Waals surface area contributed by atoms with Gasteiger partial charge in [0.2, 0.25) is 0 Å². The van der Waals surface area contributed by atoms with Crippen molar-refractivity contribution in [2.24, 2.45) is 11.6 Å². The van der Waals surface area contributed by atoms with Gasteiger partial charge in [-0.05, 0) is 25.7 Å². The molecule has 0 spiro atoms. The minimum absolute atomic E-state index is 0.0811. The molecule has 0 fully saturated rings. The van der Waals surface area contributed by atoms with Gasteiger partial charge >= 0.3 is 11.9 Å². The van der Waals surface area contributed by atoms with E-state index in [1.54, 1.807) is 6.20 Å².